The highest BCUT2D eigenvalue weighted by Gasteiger charge is 2.24. The van der Waals surface area contributed by atoms with Crippen LogP contribution < -0.4 is 0 Å². The molecule has 1 amide bonds. The minimum absolute atomic E-state index is 0.0105. The Kier molecular flexibility index (Phi) is 5.98. The van der Waals surface area contributed by atoms with Gasteiger partial charge in [-0.1, -0.05) is 13.8 Å². The summed E-state index contributed by atoms with van der Waals surface area (Å²) in [6.07, 6.45) is 1.62. The van der Waals surface area contributed by atoms with Gasteiger partial charge in [0.15, 0.2) is 12.3 Å². The molecular weight excluding hydrogens is 360 g/mol. The van der Waals surface area contributed by atoms with Crippen molar-refractivity contribution < 1.29 is 19.1 Å². The maximum absolute atomic E-state index is 12.8. The van der Waals surface area contributed by atoms with Crippen LogP contribution in [0.4, 0.5) is 0 Å². The predicted molar refractivity (Wildman–Crippen MR) is 104 cm³/mol. The molecule has 2 aromatic rings. The third kappa shape index (κ3) is 4.16. The fourth-order valence-corrected chi connectivity index (χ4v) is 3.22. The maximum atomic E-state index is 12.8. The van der Waals surface area contributed by atoms with Gasteiger partial charge in [0, 0.05) is 24.8 Å². The lowest BCUT2D eigenvalue weighted by Crippen LogP contribution is -2.46. The van der Waals surface area contributed by atoms with Gasteiger partial charge in [-0.05, 0) is 32.8 Å². The second-order valence-electron chi connectivity index (χ2n) is 7.77. The maximum Gasteiger partial charge on any atom is 0.339 e. The molecule has 1 saturated heterocycles. The zero-order valence-electron chi connectivity index (χ0n) is 17.1. The van der Waals surface area contributed by atoms with Crippen LogP contribution in [0.5, 0.6) is 0 Å². The van der Waals surface area contributed by atoms with Crippen LogP contribution in [0.1, 0.15) is 62.6 Å². The molecule has 0 saturated carbocycles. The summed E-state index contributed by atoms with van der Waals surface area (Å²) in [6, 6.07) is 1.85. The van der Waals surface area contributed by atoms with Crippen molar-refractivity contribution in [2.75, 3.05) is 26.3 Å². The minimum Gasteiger partial charge on any atom is -0.452 e. The van der Waals surface area contributed by atoms with Crippen LogP contribution in [-0.4, -0.2) is 63.9 Å². The average Bonchev–Trinajstić information content (AvgIpc) is 3.09. The molecule has 0 aromatic carbocycles. The summed E-state index contributed by atoms with van der Waals surface area (Å²) in [5, 5.41) is 5.01. The molecule has 3 rings (SSSR count). The van der Waals surface area contributed by atoms with Crippen LogP contribution in [0.3, 0.4) is 0 Å². The molecule has 0 radical (unpaired) electrons. The number of esters is 1. The number of rotatable bonds is 5. The first kappa shape index (κ1) is 20.3. The van der Waals surface area contributed by atoms with Gasteiger partial charge in [0.25, 0.3) is 5.91 Å². The van der Waals surface area contributed by atoms with Gasteiger partial charge >= 0.3 is 5.97 Å². The number of ether oxygens (including phenoxy) is 2. The van der Waals surface area contributed by atoms with Gasteiger partial charge in [-0.3, -0.25) is 4.79 Å². The highest BCUT2D eigenvalue weighted by molar-refractivity contribution is 6.03. The third-order valence-corrected chi connectivity index (χ3v) is 4.81. The zero-order chi connectivity index (χ0) is 20.4. The van der Waals surface area contributed by atoms with E-state index in [2.05, 4.69) is 10.1 Å². The standard InChI is InChI=1S/C20H28N4O4/c1-12(2)17-8-15(16-9-21-24(13(3)4)19(16)22-17)20(26)28-11-18(25)23-6-7-27-14(5)10-23/h8-9,12-14H,6-7,10-11H2,1-5H3. The lowest BCUT2D eigenvalue weighted by atomic mass is 10.1. The Hall–Kier alpha value is -2.48. The molecule has 1 aliphatic heterocycles. The SMILES string of the molecule is CC1CN(C(=O)COC(=O)c2cc(C(C)C)nc3c2cnn3C(C)C)CCO1. The first-order valence-corrected chi connectivity index (χ1v) is 9.72. The van der Waals surface area contributed by atoms with Crippen LogP contribution >= 0.6 is 0 Å². The smallest absolute Gasteiger partial charge is 0.339 e. The van der Waals surface area contributed by atoms with Gasteiger partial charge in [-0.2, -0.15) is 5.10 Å². The van der Waals surface area contributed by atoms with Crippen LogP contribution in [0.25, 0.3) is 11.0 Å². The number of fused-ring (bicyclic) bond motifs is 1. The monoisotopic (exact) mass is 388 g/mol. The topological polar surface area (TPSA) is 86.5 Å². The zero-order valence-corrected chi connectivity index (χ0v) is 17.1. The van der Waals surface area contributed by atoms with Crippen LogP contribution in [-0.2, 0) is 14.3 Å². The molecule has 1 atom stereocenters. The van der Waals surface area contributed by atoms with Gasteiger partial charge in [0.05, 0.1) is 29.9 Å². The van der Waals surface area contributed by atoms with Crippen molar-refractivity contribution in [2.24, 2.45) is 0 Å². The molecule has 1 fully saturated rings. The highest BCUT2D eigenvalue weighted by Crippen LogP contribution is 2.25. The summed E-state index contributed by atoms with van der Waals surface area (Å²) in [6.45, 7) is 11.2. The quantitative estimate of drug-likeness (QED) is 0.732. The molecule has 1 aliphatic rings. The van der Waals surface area contributed by atoms with E-state index in [4.69, 9.17) is 9.47 Å². The second-order valence-corrected chi connectivity index (χ2v) is 7.77. The number of amides is 1. The van der Waals surface area contributed by atoms with Gasteiger partial charge < -0.3 is 14.4 Å². The first-order valence-electron chi connectivity index (χ1n) is 9.72. The Morgan fingerprint density at radius 1 is 1.32 bits per heavy atom. The summed E-state index contributed by atoms with van der Waals surface area (Å²) < 4.78 is 12.6. The largest absolute Gasteiger partial charge is 0.452 e. The molecule has 0 bridgehead atoms. The van der Waals surface area contributed by atoms with E-state index in [-0.39, 0.29) is 30.6 Å². The van der Waals surface area contributed by atoms with Crippen molar-refractivity contribution in [3.05, 3.63) is 23.5 Å². The minimum atomic E-state index is -0.535. The Bertz CT molecular complexity index is 874. The third-order valence-electron chi connectivity index (χ3n) is 4.81. The van der Waals surface area contributed by atoms with Crippen molar-refractivity contribution >= 4 is 22.9 Å². The number of nitrogens with zero attached hydrogens (tertiary/aromatic N) is 4. The number of carbonyl (C=O) groups excluding carboxylic acids is 2. The molecule has 2 aromatic heterocycles. The van der Waals surface area contributed by atoms with Crippen LogP contribution in [0, 0.1) is 0 Å². The van der Waals surface area contributed by atoms with E-state index >= 15 is 0 Å². The van der Waals surface area contributed by atoms with E-state index in [1.54, 1.807) is 21.8 Å². The number of pyridine rings is 1. The molecule has 1 unspecified atom stereocenters. The summed E-state index contributed by atoms with van der Waals surface area (Å²) in [7, 11) is 0. The average molecular weight is 388 g/mol. The van der Waals surface area contributed by atoms with E-state index in [1.165, 1.54) is 0 Å². The van der Waals surface area contributed by atoms with Crippen molar-refractivity contribution in [1.82, 2.24) is 19.7 Å². The Morgan fingerprint density at radius 3 is 2.71 bits per heavy atom. The summed E-state index contributed by atoms with van der Waals surface area (Å²) in [4.78, 5) is 31.5. The molecule has 8 heteroatoms. The van der Waals surface area contributed by atoms with Crippen molar-refractivity contribution in [2.45, 2.75) is 52.7 Å². The predicted octanol–water partition coefficient (Wildman–Crippen LogP) is 2.54. The number of hydrogen-bond donors (Lipinski definition) is 0. The lowest BCUT2D eigenvalue weighted by Gasteiger charge is -2.30. The second kappa shape index (κ2) is 8.26. The molecular formula is C20H28N4O4. The van der Waals surface area contributed by atoms with E-state index in [0.717, 1.165) is 5.69 Å². The van der Waals surface area contributed by atoms with Crippen LogP contribution in [0.15, 0.2) is 12.3 Å². The van der Waals surface area contributed by atoms with E-state index in [1.807, 2.05) is 34.6 Å². The van der Waals surface area contributed by atoms with Crippen molar-refractivity contribution in [3.8, 4) is 0 Å². The highest BCUT2D eigenvalue weighted by atomic mass is 16.5. The Morgan fingerprint density at radius 2 is 2.07 bits per heavy atom. The van der Waals surface area contributed by atoms with E-state index in [9.17, 15) is 9.59 Å². The summed E-state index contributed by atoms with van der Waals surface area (Å²) in [5.41, 5.74) is 1.83. The Balaban J connectivity index is 1.81. The van der Waals surface area contributed by atoms with E-state index in [0.29, 0.717) is 36.3 Å². The van der Waals surface area contributed by atoms with Gasteiger partial charge in [-0.25, -0.2) is 14.5 Å². The fraction of sp³-hybridized carbons (Fsp3) is 0.600. The van der Waals surface area contributed by atoms with Crippen molar-refractivity contribution in [1.29, 1.82) is 0 Å². The molecule has 152 valence electrons. The molecule has 8 nitrogen and oxygen atoms in total. The van der Waals surface area contributed by atoms with Crippen molar-refractivity contribution in [3.63, 3.8) is 0 Å². The number of carbonyl (C=O) groups is 2. The molecule has 3 heterocycles. The van der Waals surface area contributed by atoms with E-state index < -0.39 is 5.97 Å². The number of aromatic nitrogens is 3. The summed E-state index contributed by atoms with van der Waals surface area (Å²) >= 11 is 0. The fourth-order valence-electron chi connectivity index (χ4n) is 3.22. The molecule has 0 spiro atoms. The van der Waals surface area contributed by atoms with Gasteiger partial charge in [0.1, 0.15) is 0 Å². The first-order chi connectivity index (χ1) is 13.3. The molecule has 0 N–H and O–H groups in total. The normalized spacial score (nSPS) is 17.5. The summed E-state index contributed by atoms with van der Waals surface area (Å²) in [5.74, 6) is -0.606. The van der Waals surface area contributed by atoms with Gasteiger partial charge in [-0.15, -0.1) is 0 Å². The van der Waals surface area contributed by atoms with Gasteiger partial charge in [0.2, 0.25) is 0 Å². The lowest BCUT2D eigenvalue weighted by molar-refractivity contribution is -0.141. The molecule has 28 heavy (non-hydrogen) atoms. The number of morpholine rings is 1. The number of hydrogen-bond acceptors (Lipinski definition) is 6. The van der Waals surface area contributed by atoms with Crippen LogP contribution in [0.2, 0.25) is 0 Å². The Labute approximate surface area is 164 Å². The molecule has 0 aliphatic carbocycles.